The van der Waals surface area contributed by atoms with Crippen molar-refractivity contribution in [2.45, 2.75) is 43.7 Å². The van der Waals surface area contributed by atoms with Crippen LogP contribution in [0.15, 0.2) is 114 Å². The SMILES string of the molecule is CCCCNC(=O)[C@H](Cc1ccccc1)N(Cc1cccc(Cl)c1)C(=O)CN(c1ccccc1F)S(=O)(=O)c1ccccc1. The summed E-state index contributed by atoms with van der Waals surface area (Å²) < 4.78 is 43.7. The maximum absolute atomic E-state index is 15.2. The molecule has 0 unspecified atom stereocenters. The first-order valence-corrected chi connectivity index (χ1v) is 16.2. The van der Waals surface area contributed by atoms with Gasteiger partial charge < -0.3 is 10.2 Å². The van der Waals surface area contributed by atoms with Crippen LogP contribution >= 0.6 is 11.6 Å². The number of unbranched alkanes of at least 4 members (excludes halogenated alkanes) is 1. The highest BCUT2D eigenvalue weighted by Crippen LogP contribution is 2.27. The summed E-state index contributed by atoms with van der Waals surface area (Å²) in [7, 11) is -4.38. The molecule has 230 valence electrons. The Hall–Kier alpha value is -4.21. The van der Waals surface area contributed by atoms with Gasteiger partial charge >= 0.3 is 0 Å². The zero-order valence-corrected chi connectivity index (χ0v) is 26.0. The molecule has 10 heteroatoms. The lowest BCUT2D eigenvalue weighted by Crippen LogP contribution is -2.53. The Bertz CT molecular complexity index is 1660. The number of rotatable bonds is 14. The van der Waals surface area contributed by atoms with Crippen molar-refractivity contribution in [3.8, 4) is 0 Å². The van der Waals surface area contributed by atoms with Crippen molar-refractivity contribution in [3.63, 3.8) is 0 Å². The van der Waals surface area contributed by atoms with Gasteiger partial charge in [-0.05, 0) is 53.9 Å². The molecule has 0 aliphatic heterocycles. The minimum Gasteiger partial charge on any atom is -0.354 e. The normalized spacial score (nSPS) is 11.9. The first kappa shape index (κ1) is 32.7. The number of sulfonamides is 1. The molecule has 44 heavy (non-hydrogen) atoms. The summed E-state index contributed by atoms with van der Waals surface area (Å²) in [5.41, 5.74) is 1.18. The van der Waals surface area contributed by atoms with Crippen LogP contribution in [0.4, 0.5) is 10.1 Å². The molecular weight excluding hydrogens is 601 g/mol. The molecule has 0 aromatic heterocycles. The minimum atomic E-state index is -4.38. The van der Waals surface area contributed by atoms with Crippen LogP contribution in [0.3, 0.4) is 0 Å². The summed E-state index contributed by atoms with van der Waals surface area (Å²) >= 11 is 6.26. The van der Waals surface area contributed by atoms with E-state index in [0.717, 1.165) is 28.8 Å². The number of amides is 2. The zero-order valence-electron chi connectivity index (χ0n) is 24.4. The summed E-state index contributed by atoms with van der Waals surface area (Å²) in [6.45, 7) is 1.65. The van der Waals surface area contributed by atoms with Gasteiger partial charge in [0.05, 0.1) is 10.6 Å². The predicted molar refractivity (Wildman–Crippen MR) is 171 cm³/mol. The monoisotopic (exact) mass is 635 g/mol. The Morgan fingerprint density at radius 3 is 2.16 bits per heavy atom. The summed E-state index contributed by atoms with van der Waals surface area (Å²) in [5, 5.41) is 3.38. The molecule has 2 amide bonds. The molecule has 1 N–H and O–H groups in total. The van der Waals surface area contributed by atoms with Crippen LogP contribution in [-0.2, 0) is 32.6 Å². The lowest BCUT2D eigenvalue weighted by molar-refractivity contribution is -0.140. The van der Waals surface area contributed by atoms with E-state index in [-0.39, 0.29) is 29.5 Å². The van der Waals surface area contributed by atoms with Crippen LogP contribution in [0.25, 0.3) is 0 Å². The molecule has 1 atom stereocenters. The molecular formula is C34H35ClFN3O4S. The summed E-state index contributed by atoms with van der Waals surface area (Å²) in [4.78, 5) is 29.3. The van der Waals surface area contributed by atoms with Gasteiger partial charge in [-0.3, -0.25) is 13.9 Å². The molecule has 0 spiro atoms. The van der Waals surface area contributed by atoms with Crippen LogP contribution < -0.4 is 9.62 Å². The van der Waals surface area contributed by atoms with Crippen LogP contribution in [0.1, 0.15) is 30.9 Å². The van der Waals surface area contributed by atoms with Crippen LogP contribution in [0.2, 0.25) is 5.02 Å². The van der Waals surface area contributed by atoms with Crippen molar-refractivity contribution in [2.75, 3.05) is 17.4 Å². The Labute approximate surface area is 263 Å². The van der Waals surface area contributed by atoms with Crippen molar-refractivity contribution in [1.29, 1.82) is 0 Å². The van der Waals surface area contributed by atoms with Gasteiger partial charge in [0.2, 0.25) is 11.8 Å². The Balaban J connectivity index is 1.79. The van der Waals surface area contributed by atoms with Crippen molar-refractivity contribution in [3.05, 3.63) is 131 Å². The molecule has 0 saturated carbocycles. The van der Waals surface area contributed by atoms with Crippen molar-refractivity contribution >= 4 is 39.1 Å². The lowest BCUT2D eigenvalue weighted by atomic mass is 10.0. The predicted octanol–water partition coefficient (Wildman–Crippen LogP) is 6.23. The molecule has 0 radical (unpaired) electrons. The summed E-state index contributed by atoms with van der Waals surface area (Å²) in [6.07, 6.45) is 1.79. The number of hydrogen-bond acceptors (Lipinski definition) is 4. The van der Waals surface area contributed by atoms with Crippen LogP contribution in [-0.4, -0.2) is 44.3 Å². The summed E-state index contributed by atoms with van der Waals surface area (Å²) in [5.74, 6) is -1.86. The largest absolute Gasteiger partial charge is 0.354 e. The van der Waals surface area contributed by atoms with Gasteiger partial charge in [-0.2, -0.15) is 0 Å². The number of halogens is 2. The van der Waals surface area contributed by atoms with E-state index in [0.29, 0.717) is 17.1 Å². The fourth-order valence-corrected chi connectivity index (χ4v) is 6.44. The summed E-state index contributed by atoms with van der Waals surface area (Å²) in [6, 6.07) is 28.1. The third-order valence-corrected chi connectivity index (χ3v) is 9.08. The Morgan fingerprint density at radius 2 is 1.50 bits per heavy atom. The second-order valence-electron chi connectivity index (χ2n) is 10.3. The van der Waals surface area contributed by atoms with E-state index in [2.05, 4.69) is 5.32 Å². The minimum absolute atomic E-state index is 0.0331. The second kappa shape index (κ2) is 15.5. The average Bonchev–Trinajstić information content (AvgIpc) is 3.03. The number of nitrogens with one attached hydrogen (secondary N) is 1. The number of carbonyl (C=O) groups is 2. The maximum atomic E-state index is 15.2. The highest BCUT2D eigenvalue weighted by Gasteiger charge is 2.35. The molecule has 0 aliphatic rings. The fourth-order valence-electron chi connectivity index (χ4n) is 4.78. The molecule has 0 bridgehead atoms. The van der Waals surface area contributed by atoms with Gasteiger partial charge in [0.1, 0.15) is 18.4 Å². The molecule has 7 nitrogen and oxygen atoms in total. The van der Waals surface area contributed by atoms with Crippen LogP contribution in [0.5, 0.6) is 0 Å². The second-order valence-corrected chi connectivity index (χ2v) is 12.6. The molecule has 0 fully saturated rings. The van der Waals surface area contributed by atoms with Crippen molar-refractivity contribution in [1.82, 2.24) is 10.2 Å². The lowest BCUT2D eigenvalue weighted by Gasteiger charge is -2.34. The van der Waals surface area contributed by atoms with Gasteiger partial charge in [-0.15, -0.1) is 0 Å². The number of hydrogen-bond donors (Lipinski definition) is 1. The van der Waals surface area contributed by atoms with Gasteiger partial charge in [-0.25, -0.2) is 12.8 Å². The number of carbonyl (C=O) groups excluding carboxylic acids is 2. The number of nitrogens with zero attached hydrogens (tertiary/aromatic N) is 2. The van der Waals surface area contributed by atoms with Crippen molar-refractivity contribution < 1.29 is 22.4 Å². The average molecular weight is 636 g/mol. The topological polar surface area (TPSA) is 86.8 Å². The number of benzene rings is 4. The molecule has 4 rings (SSSR count). The molecule has 0 aliphatic carbocycles. The Kier molecular flexibility index (Phi) is 11.5. The van der Waals surface area contributed by atoms with E-state index in [4.69, 9.17) is 11.6 Å². The molecule has 4 aromatic carbocycles. The third kappa shape index (κ3) is 8.45. The van der Waals surface area contributed by atoms with Gasteiger partial charge in [0.25, 0.3) is 10.0 Å². The van der Waals surface area contributed by atoms with E-state index in [9.17, 15) is 18.0 Å². The fraction of sp³-hybridized carbons (Fsp3) is 0.235. The van der Waals surface area contributed by atoms with E-state index in [1.807, 2.05) is 37.3 Å². The van der Waals surface area contributed by atoms with Crippen LogP contribution in [0, 0.1) is 5.82 Å². The quantitative estimate of drug-likeness (QED) is 0.166. The highest BCUT2D eigenvalue weighted by atomic mass is 35.5. The van der Waals surface area contributed by atoms with Gasteiger partial charge in [-0.1, -0.05) is 97.7 Å². The smallest absolute Gasteiger partial charge is 0.264 e. The van der Waals surface area contributed by atoms with Gasteiger partial charge in [0, 0.05) is 24.5 Å². The maximum Gasteiger partial charge on any atom is 0.264 e. The molecule has 4 aromatic rings. The van der Waals surface area contributed by atoms with Crippen molar-refractivity contribution in [2.24, 2.45) is 0 Å². The third-order valence-electron chi connectivity index (χ3n) is 7.07. The highest BCUT2D eigenvalue weighted by molar-refractivity contribution is 7.92. The number of para-hydroxylation sites is 1. The Morgan fingerprint density at radius 1 is 0.864 bits per heavy atom. The molecule has 0 saturated heterocycles. The van der Waals surface area contributed by atoms with E-state index in [1.54, 1.807) is 42.5 Å². The molecule has 0 heterocycles. The first-order valence-electron chi connectivity index (χ1n) is 14.4. The van der Waals surface area contributed by atoms with Gasteiger partial charge in [0.15, 0.2) is 0 Å². The standard InChI is InChI=1S/C34H35ClFN3O4S/c1-2-3-21-37-34(41)32(23-26-13-6-4-7-14-26)38(24-27-15-12-16-28(35)22-27)33(40)25-39(31-20-11-10-19-30(31)36)44(42,43)29-17-8-5-9-18-29/h4-20,22,32H,2-3,21,23-25H2,1H3,(H,37,41)/t32-/m0/s1. The first-order chi connectivity index (χ1) is 21.2. The zero-order chi connectivity index (χ0) is 31.5. The number of anilines is 1. The van der Waals surface area contributed by atoms with E-state index in [1.165, 1.54) is 35.2 Å². The van der Waals surface area contributed by atoms with E-state index >= 15 is 4.39 Å². The van der Waals surface area contributed by atoms with E-state index < -0.39 is 34.3 Å².